The Kier molecular flexibility index (Phi) is 3.34. The number of pyridine rings is 1. The summed E-state index contributed by atoms with van der Waals surface area (Å²) in [6.07, 6.45) is 4.12. The van der Waals surface area contributed by atoms with E-state index in [2.05, 4.69) is 6.58 Å². The van der Waals surface area contributed by atoms with E-state index in [9.17, 15) is 4.39 Å². The van der Waals surface area contributed by atoms with Gasteiger partial charge in [-0.2, -0.15) is 0 Å². The fraction of sp³-hybridized carbons (Fsp3) is 0.150. The predicted molar refractivity (Wildman–Crippen MR) is 90.3 cm³/mol. The van der Waals surface area contributed by atoms with Crippen LogP contribution in [0.1, 0.15) is 30.0 Å². The zero-order chi connectivity index (χ0) is 15.8. The van der Waals surface area contributed by atoms with Gasteiger partial charge in [0.1, 0.15) is 17.3 Å². The second-order valence-electron chi connectivity index (χ2n) is 5.79. The van der Waals surface area contributed by atoms with Gasteiger partial charge in [-0.1, -0.05) is 24.8 Å². The number of halogens is 1. The first-order valence-corrected chi connectivity index (χ1v) is 7.75. The van der Waals surface area contributed by atoms with Crippen molar-refractivity contribution in [1.82, 2.24) is 4.98 Å². The summed E-state index contributed by atoms with van der Waals surface area (Å²) >= 11 is 0. The number of para-hydroxylation sites is 1. The smallest absolute Gasteiger partial charge is 0.145 e. The third kappa shape index (κ3) is 2.59. The number of ether oxygens (including phenoxy) is 1. The normalized spacial score (nSPS) is 14.0. The van der Waals surface area contributed by atoms with Crippen LogP contribution in [-0.2, 0) is 0 Å². The van der Waals surface area contributed by atoms with Crippen molar-refractivity contribution < 1.29 is 9.13 Å². The molecule has 4 rings (SSSR count). The second-order valence-corrected chi connectivity index (χ2v) is 5.79. The average Bonchev–Trinajstić information content (AvgIpc) is 3.41. The van der Waals surface area contributed by atoms with E-state index in [0.29, 0.717) is 11.7 Å². The number of rotatable bonds is 4. The summed E-state index contributed by atoms with van der Waals surface area (Å²) in [5.41, 5.74) is 2.91. The molecule has 1 heterocycles. The minimum Gasteiger partial charge on any atom is -0.456 e. The fourth-order valence-electron chi connectivity index (χ4n) is 2.81. The number of fused-ring (bicyclic) bond motifs is 1. The lowest BCUT2D eigenvalue weighted by molar-refractivity contribution is 0.483. The van der Waals surface area contributed by atoms with E-state index in [1.807, 2.05) is 30.3 Å². The van der Waals surface area contributed by atoms with E-state index in [-0.39, 0.29) is 5.82 Å². The highest BCUT2D eigenvalue weighted by Crippen LogP contribution is 2.45. The Morgan fingerprint density at radius 1 is 1.09 bits per heavy atom. The highest BCUT2D eigenvalue weighted by molar-refractivity contribution is 5.90. The molecule has 3 aromatic rings. The molecule has 0 N–H and O–H groups in total. The first-order valence-electron chi connectivity index (χ1n) is 7.75. The Morgan fingerprint density at radius 2 is 1.83 bits per heavy atom. The monoisotopic (exact) mass is 305 g/mol. The molecular weight excluding hydrogens is 289 g/mol. The van der Waals surface area contributed by atoms with Crippen molar-refractivity contribution in [3.8, 4) is 11.5 Å². The molecule has 1 aliphatic carbocycles. The third-order valence-electron chi connectivity index (χ3n) is 4.11. The van der Waals surface area contributed by atoms with Gasteiger partial charge in [-0.15, -0.1) is 0 Å². The molecule has 0 amide bonds. The first-order chi connectivity index (χ1) is 11.3. The summed E-state index contributed by atoms with van der Waals surface area (Å²) in [5, 5.41) is 0.941. The van der Waals surface area contributed by atoms with Crippen molar-refractivity contribution in [3.05, 3.63) is 72.2 Å². The molecule has 0 spiro atoms. The Bertz CT molecular complexity index is 882. The van der Waals surface area contributed by atoms with Gasteiger partial charge in [-0.3, -0.25) is 4.98 Å². The van der Waals surface area contributed by atoms with Crippen molar-refractivity contribution >= 4 is 17.0 Å². The van der Waals surface area contributed by atoms with Crippen LogP contribution in [0, 0.1) is 5.82 Å². The van der Waals surface area contributed by atoms with Crippen LogP contribution >= 0.6 is 0 Å². The molecular formula is C20H16FNO. The second kappa shape index (κ2) is 5.51. The zero-order valence-corrected chi connectivity index (χ0v) is 12.6. The predicted octanol–water partition coefficient (Wildman–Crippen LogP) is 5.69. The van der Waals surface area contributed by atoms with Gasteiger partial charge in [0.2, 0.25) is 0 Å². The Labute approximate surface area is 134 Å². The van der Waals surface area contributed by atoms with Crippen LogP contribution < -0.4 is 4.74 Å². The lowest BCUT2D eigenvalue weighted by atomic mass is 10.0. The van der Waals surface area contributed by atoms with Crippen molar-refractivity contribution in [2.45, 2.75) is 18.8 Å². The van der Waals surface area contributed by atoms with Gasteiger partial charge in [0, 0.05) is 16.9 Å². The molecule has 0 atom stereocenters. The van der Waals surface area contributed by atoms with Crippen LogP contribution in [0.15, 0.2) is 55.1 Å². The quantitative estimate of drug-likeness (QED) is 0.618. The van der Waals surface area contributed by atoms with E-state index in [0.717, 1.165) is 40.8 Å². The van der Waals surface area contributed by atoms with Gasteiger partial charge < -0.3 is 4.74 Å². The van der Waals surface area contributed by atoms with Gasteiger partial charge >= 0.3 is 0 Å². The van der Waals surface area contributed by atoms with Crippen LogP contribution in [0.25, 0.3) is 17.0 Å². The van der Waals surface area contributed by atoms with E-state index in [1.54, 1.807) is 12.1 Å². The summed E-state index contributed by atoms with van der Waals surface area (Å²) in [5.74, 6) is 1.56. The number of hydrogen-bond donors (Lipinski definition) is 0. The Balaban J connectivity index is 1.91. The molecule has 2 aromatic carbocycles. The maximum absolute atomic E-state index is 13.1. The molecule has 1 aliphatic rings. The SMILES string of the molecule is C=Cc1c(C2CC2)nc2ccccc2c1Oc1ccc(F)cc1. The van der Waals surface area contributed by atoms with Crippen molar-refractivity contribution in [2.24, 2.45) is 0 Å². The molecule has 0 unspecified atom stereocenters. The minimum absolute atomic E-state index is 0.278. The van der Waals surface area contributed by atoms with Crippen molar-refractivity contribution in [1.29, 1.82) is 0 Å². The number of nitrogens with zero attached hydrogens (tertiary/aromatic N) is 1. The highest BCUT2D eigenvalue weighted by Gasteiger charge is 2.29. The molecule has 23 heavy (non-hydrogen) atoms. The van der Waals surface area contributed by atoms with Crippen molar-refractivity contribution in [2.75, 3.05) is 0 Å². The van der Waals surface area contributed by atoms with E-state index in [4.69, 9.17) is 9.72 Å². The third-order valence-corrected chi connectivity index (χ3v) is 4.11. The largest absolute Gasteiger partial charge is 0.456 e. The number of benzene rings is 2. The minimum atomic E-state index is -0.278. The summed E-state index contributed by atoms with van der Waals surface area (Å²) in [4.78, 5) is 4.81. The summed E-state index contributed by atoms with van der Waals surface area (Å²) in [6, 6.07) is 14.0. The topological polar surface area (TPSA) is 22.1 Å². The molecule has 0 aliphatic heterocycles. The van der Waals surface area contributed by atoms with Crippen LogP contribution in [0.2, 0.25) is 0 Å². The molecule has 0 saturated heterocycles. The zero-order valence-electron chi connectivity index (χ0n) is 12.6. The molecule has 3 heteroatoms. The molecule has 1 aromatic heterocycles. The maximum Gasteiger partial charge on any atom is 0.145 e. The average molecular weight is 305 g/mol. The van der Waals surface area contributed by atoms with E-state index >= 15 is 0 Å². The van der Waals surface area contributed by atoms with Crippen LogP contribution in [0.5, 0.6) is 11.5 Å². The molecule has 0 radical (unpaired) electrons. The summed E-state index contributed by atoms with van der Waals surface area (Å²) in [6.45, 7) is 3.94. The first kappa shape index (κ1) is 13.9. The van der Waals surface area contributed by atoms with Gasteiger partial charge in [-0.25, -0.2) is 4.39 Å². The Hall–Kier alpha value is -2.68. The summed E-state index contributed by atoms with van der Waals surface area (Å²) in [7, 11) is 0. The lowest BCUT2D eigenvalue weighted by Gasteiger charge is -2.15. The van der Waals surface area contributed by atoms with E-state index < -0.39 is 0 Å². The van der Waals surface area contributed by atoms with Gasteiger partial charge in [0.15, 0.2) is 0 Å². The standard InChI is InChI=1S/C20H16FNO/c1-2-16-19(13-7-8-13)22-18-6-4-3-5-17(18)20(16)23-15-11-9-14(21)10-12-15/h2-6,9-13H,1,7-8H2. The molecule has 1 fully saturated rings. The van der Waals surface area contributed by atoms with Crippen LogP contribution in [0.4, 0.5) is 4.39 Å². The lowest BCUT2D eigenvalue weighted by Crippen LogP contribution is -1.98. The number of hydrogen-bond acceptors (Lipinski definition) is 2. The van der Waals surface area contributed by atoms with Gasteiger partial charge in [0.25, 0.3) is 0 Å². The fourth-order valence-corrected chi connectivity index (χ4v) is 2.81. The Morgan fingerprint density at radius 3 is 2.52 bits per heavy atom. The molecule has 1 saturated carbocycles. The molecule has 0 bridgehead atoms. The van der Waals surface area contributed by atoms with Crippen molar-refractivity contribution in [3.63, 3.8) is 0 Å². The number of aromatic nitrogens is 1. The maximum atomic E-state index is 13.1. The van der Waals surface area contributed by atoms with E-state index in [1.165, 1.54) is 12.1 Å². The van der Waals surface area contributed by atoms with Gasteiger partial charge in [-0.05, 0) is 49.2 Å². The van der Waals surface area contributed by atoms with Crippen LogP contribution in [-0.4, -0.2) is 4.98 Å². The van der Waals surface area contributed by atoms with Gasteiger partial charge in [0.05, 0.1) is 11.2 Å². The molecule has 2 nitrogen and oxygen atoms in total. The highest BCUT2D eigenvalue weighted by atomic mass is 19.1. The summed E-state index contributed by atoms with van der Waals surface area (Å²) < 4.78 is 19.2. The molecule has 114 valence electrons. The van der Waals surface area contributed by atoms with Crippen LogP contribution in [0.3, 0.4) is 0 Å².